The van der Waals surface area contributed by atoms with Crippen LogP contribution in [0.3, 0.4) is 0 Å². The van der Waals surface area contributed by atoms with E-state index in [0.717, 1.165) is 23.6 Å². The molecule has 1 aliphatic heterocycles. The van der Waals surface area contributed by atoms with Gasteiger partial charge in [0.15, 0.2) is 0 Å². The van der Waals surface area contributed by atoms with Crippen molar-refractivity contribution in [3.8, 4) is 0 Å². The van der Waals surface area contributed by atoms with Crippen LogP contribution in [0.1, 0.15) is 11.7 Å². The third kappa shape index (κ3) is 2.54. The molecule has 16 heavy (non-hydrogen) atoms. The monoisotopic (exact) mass is 257 g/mol. The van der Waals surface area contributed by atoms with Gasteiger partial charge in [-0.3, -0.25) is 4.90 Å². The molecule has 0 aromatic heterocycles. The molecule has 2 rings (SSSR count). The summed E-state index contributed by atoms with van der Waals surface area (Å²) in [4.78, 5) is 2.21. The molecule has 1 aliphatic rings. The van der Waals surface area contributed by atoms with Gasteiger partial charge in [-0.25, -0.2) is 0 Å². The van der Waals surface area contributed by atoms with E-state index in [0.29, 0.717) is 5.02 Å². The second-order valence-corrected chi connectivity index (χ2v) is 5.65. The zero-order chi connectivity index (χ0) is 11.5. The fourth-order valence-corrected chi connectivity index (χ4v) is 3.47. The highest BCUT2D eigenvalue weighted by molar-refractivity contribution is 7.99. The number of rotatable bonds is 2. The lowest BCUT2D eigenvalue weighted by molar-refractivity contribution is 0.0759. The van der Waals surface area contributed by atoms with Crippen LogP contribution < -0.4 is 0 Å². The summed E-state index contributed by atoms with van der Waals surface area (Å²) in [5.74, 6) is 2.10. The quantitative estimate of drug-likeness (QED) is 0.880. The van der Waals surface area contributed by atoms with Crippen molar-refractivity contribution in [1.82, 2.24) is 4.90 Å². The molecule has 1 aromatic carbocycles. The Morgan fingerprint density at radius 3 is 2.94 bits per heavy atom. The topological polar surface area (TPSA) is 23.5 Å². The molecule has 1 N–H and O–H groups in total. The van der Waals surface area contributed by atoms with Gasteiger partial charge in [-0.2, -0.15) is 11.8 Å². The Kier molecular flexibility index (Phi) is 4.14. The maximum atomic E-state index is 10.4. The Morgan fingerprint density at radius 2 is 2.25 bits per heavy atom. The lowest BCUT2D eigenvalue weighted by Gasteiger charge is -2.35. The van der Waals surface area contributed by atoms with Gasteiger partial charge in [0.05, 0.1) is 6.10 Å². The number of aliphatic hydroxyl groups excluding tert-OH is 1. The number of likely N-dealkylation sites (N-methyl/N-ethyl adjacent to an activating group) is 1. The summed E-state index contributed by atoms with van der Waals surface area (Å²) in [7, 11) is 2.06. The first-order chi connectivity index (χ1) is 7.70. The summed E-state index contributed by atoms with van der Waals surface area (Å²) in [6.45, 7) is 1.02. The van der Waals surface area contributed by atoms with Crippen molar-refractivity contribution >= 4 is 23.4 Å². The Balaban J connectivity index is 2.17. The number of thioether (sulfide) groups is 1. The molecule has 88 valence electrons. The lowest BCUT2D eigenvalue weighted by Crippen LogP contribution is -2.43. The maximum Gasteiger partial charge on any atom is 0.0967 e. The SMILES string of the molecule is CN1CCSCC1C(O)c1ccccc1Cl. The van der Waals surface area contributed by atoms with E-state index in [9.17, 15) is 5.11 Å². The molecule has 4 heteroatoms. The minimum Gasteiger partial charge on any atom is -0.387 e. The van der Waals surface area contributed by atoms with E-state index in [4.69, 9.17) is 11.6 Å². The van der Waals surface area contributed by atoms with Crippen LogP contribution in [0.15, 0.2) is 24.3 Å². The van der Waals surface area contributed by atoms with E-state index in [2.05, 4.69) is 11.9 Å². The summed E-state index contributed by atoms with van der Waals surface area (Å²) >= 11 is 7.99. The molecule has 1 saturated heterocycles. The fraction of sp³-hybridized carbons (Fsp3) is 0.500. The Labute approximate surface area is 106 Å². The van der Waals surface area contributed by atoms with Crippen LogP contribution in [0.4, 0.5) is 0 Å². The first-order valence-electron chi connectivity index (χ1n) is 5.40. The van der Waals surface area contributed by atoms with E-state index in [-0.39, 0.29) is 6.04 Å². The summed E-state index contributed by atoms with van der Waals surface area (Å²) in [6, 6.07) is 7.70. The van der Waals surface area contributed by atoms with Gasteiger partial charge in [-0.1, -0.05) is 29.8 Å². The molecule has 0 spiro atoms. The Hall–Kier alpha value is -0.220. The summed E-state index contributed by atoms with van der Waals surface area (Å²) in [5.41, 5.74) is 0.837. The molecule has 1 aromatic rings. The smallest absolute Gasteiger partial charge is 0.0967 e. The largest absolute Gasteiger partial charge is 0.387 e. The van der Waals surface area contributed by atoms with Gasteiger partial charge in [0.1, 0.15) is 0 Å². The fourth-order valence-electron chi connectivity index (χ4n) is 1.96. The molecule has 2 atom stereocenters. The third-order valence-electron chi connectivity index (χ3n) is 3.03. The molecule has 2 nitrogen and oxygen atoms in total. The van der Waals surface area contributed by atoms with E-state index in [1.54, 1.807) is 0 Å². The molecule has 0 amide bonds. The van der Waals surface area contributed by atoms with Gasteiger partial charge in [-0.15, -0.1) is 0 Å². The van der Waals surface area contributed by atoms with Crippen LogP contribution in [0.2, 0.25) is 5.02 Å². The summed E-state index contributed by atoms with van der Waals surface area (Å²) in [5, 5.41) is 11.0. The number of aliphatic hydroxyl groups is 1. The van der Waals surface area contributed by atoms with E-state index in [1.165, 1.54) is 0 Å². The zero-order valence-corrected chi connectivity index (χ0v) is 10.8. The Bertz CT molecular complexity index is 361. The molecular weight excluding hydrogens is 242 g/mol. The first-order valence-corrected chi connectivity index (χ1v) is 6.94. The number of nitrogens with zero attached hydrogens (tertiary/aromatic N) is 1. The van der Waals surface area contributed by atoms with Crippen molar-refractivity contribution in [2.45, 2.75) is 12.1 Å². The predicted octanol–water partition coefficient (Wildman–Crippen LogP) is 2.42. The van der Waals surface area contributed by atoms with Crippen LogP contribution in [-0.2, 0) is 0 Å². The molecule has 1 fully saturated rings. The van der Waals surface area contributed by atoms with Crippen LogP contribution >= 0.6 is 23.4 Å². The molecule has 0 radical (unpaired) electrons. The van der Waals surface area contributed by atoms with Gasteiger partial charge < -0.3 is 5.11 Å². The van der Waals surface area contributed by atoms with E-state index < -0.39 is 6.10 Å². The number of hydrogen-bond acceptors (Lipinski definition) is 3. The minimum absolute atomic E-state index is 0.165. The second-order valence-electron chi connectivity index (χ2n) is 4.09. The lowest BCUT2D eigenvalue weighted by atomic mass is 10.0. The summed E-state index contributed by atoms with van der Waals surface area (Å²) < 4.78 is 0. The van der Waals surface area contributed by atoms with Crippen molar-refractivity contribution < 1.29 is 5.11 Å². The van der Waals surface area contributed by atoms with Crippen LogP contribution in [0.5, 0.6) is 0 Å². The molecular formula is C12H16ClNOS. The second kappa shape index (κ2) is 5.41. The average Bonchev–Trinajstić information content (AvgIpc) is 2.29. The van der Waals surface area contributed by atoms with Crippen LogP contribution in [-0.4, -0.2) is 41.1 Å². The zero-order valence-electron chi connectivity index (χ0n) is 9.27. The van der Waals surface area contributed by atoms with Crippen molar-refractivity contribution in [2.75, 3.05) is 25.1 Å². The molecule has 0 bridgehead atoms. The molecule has 2 unspecified atom stereocenters. The Morgan fingerprint density at radius 1 is 1.50 bits per heavy atom. The maximum absolute atomic E-state index is 10.4. The van der Waals surface area contributed by atoms with Crippen molar-refractivity contribution in [1.29, 1.82) is 0 Å². The third-order valence-corrected chi connectivity index (χ3v) is 4.42. The van der Waals surface area contributed by atoms with Crippen LogP contribution in [0.25, 0.3) is 0 Å². The standard InChI is InChI=1S/C12H16ClNOS/c1-14-6-7-16-8-11(14)12(15)9-4-2-3-5-10(9)13/h2-5,11-12,15H,6-8H2,1H3. The highest BCUT2D eigenvalue weighted by Gasteiger charge is 2.28. The normalized spacial score (nSPS) is 24.3. The summed E-state index contributed by atoms with van der Waals surface area (Å²) in [6.07, 6.45) is -0.494. The van der Waals surface area contributed by atoms with Crippen LogP contribution in [0, 0.1) is 0 Å². The van der Waals surface area contributed by atoms with E-state index >= 15 is 0 Å². The highest BCUT2D eigenvalue weighted by Crippen LogP contribution is 2.30. The van der Waals surface area contributed by atoms with Gasteiger partial charge in [0.25, 0.3) is 0 Å². The van der Waals surface area contributed by atoms with Crippen molar-refractivity contribution in [3.05, 3.63) is 34.9 Å². The average molecular weight is 258 g/mol. The van der Waals surface area contributed by atoms with Crippen molar-refractivity contribution in [3.63, 3.8) is 0 Å². The first kappa shape index (κ1) is 12.2. The molecule has 0 saturated carbocycles. The van der Waals surface area contributed by atoms with E-state index in [1.807, 2.05) is 36.0 Å². The van der Waals surface area contributed by atoms with Gasteiger partial charge in [0, 0.05) is 34.7 Å². The number of benzene rings is 1. The number of hydrogen-bond donors (Lipinski definition) is 1. The molecule has 0 aliphatic carbocycles. The highest BCUT2D eigenvalue weighted by atomic mass is 35.5. The number of halogens is 1. The minimum atomic E-state index is -0.494. The van der Waals surface area contributed by atoms with Crippen molar-refractivity contribution in [2.24, 2.45) is 0 Å². The molecule has 1 heterocycles. The predicted molar refractivity (Wildman–Crippen MR) is 70.2 cm³/mol. The van der Waals surface area contributed by atoms with Gasteiger partial charge in [0.2, 0.25) is 0 Å². The van der Waals surface area contributed by atoms with Gasteiger partial charge in [-0.05, 0) is 13.1 Å². The van der Waals surface area contributed by atoms with Gasteiger partial charge >= 0.3 is 0 Å².